The van der Waals surface area contributed by atoms with Gasteiger partial charge in [0.25, 0.3) is 0 Å². The van der Waals surface area contributed by atoms with Crippen LogP contribution in [0, 0.1) is 5.82 Å². The maximum absolute atomic E-state index is 13.1. The molecule has 0 aliphatic rings. The van der Waals surface area contributed by atoms with E-state index in [2.05, 4.69) is 31.1 Å². The van der Waals surface area contributed by atoms with Crippen LogP contribution < -0.4 is 16.0 Å². The first-order chi connectivity index (χ1) is 14.1. The Morgan fingerprint density at radius 1 is 1.24 bits per heavy atom. The van der Waals surface area contributed by atoms with E-state index >= 15 is 0 Å². The van der Waals surface area contributed by atoms with Gasteiger partial charge in [-0.15, -0.1) is 0 Å². The number of nitrogens with zero attached hydrogens (tertiary/aromatic N) is 2. The minimum absolute atomic E-state index is 0.239. The molecular weight excluding hydrogens is 379 g/mol. The predicted molar refractivity (Wildman–Crippen MR) is 107 cm³/mol. The lowest BCUT2D eigenvalue weighted by Crippen LogP contribution is -2.35. The minimum Gasteiger partial charge on any atom is -0.383 e. The van der Waals surface area contributed by atoms with Crippen molar-refractivity contribution in [2.45, 2.75) is 6.04 Å². The highest BCUT2D eigenvalue weighted by Gasteiger charge is 2.16. The van der Waals surface area contributed by atoms with Gasteiger partial charge >= 0.3 is 6.03 Å². The van der Waals surface area contributed by atoms with Crippen LogP contribution in [-0.4, -0.2) is 55.2 Å². The molecule has 1 unspecified atom stereocenters. The first kappa shape index (κ1) is 20.5. The molecule has 0 saturated carbocycles. The Labute approximate surface area is 167 Å². The van der Waals surface area contributed by atoms with Crippen LogP contribution in [0.2, 0.25) is 0 Å². The molecule has 3 rings (SSSR count). The number of hydrogen-bond donors (Lipinski definition) is 4. The number of hydrogen-bond acceptors (Lipinski definition) is 6. The summed E-state index contributed by atoms with van der Waals surface area (Å²) >= 11 is 0. The second kappa shape index (κ2) is 9.80. The third-order valence-corrected chi connectivity index (χ3v) is 4.20. The smallest absolute Gasteiger partial charge is 0.320 e. The first-order valence-corrected chi connectivity index (χ1v) is 8.99. The number of ether oxygens (including phenoxy) is 2. The van der Waals surface area contributed by atoms with Crippen molar-refractivity contribution in [3.8, 4) is 0 Å². The highest BCUT2D eigenvalue weighted by Crippen LogP contribution is 2.21. The van der Waals surface area contributed by atoms with E-state index in [0.717, 1.165) is 16.5 Å². The number of anilines is 2. The Bertz CT molecular complexity index is 947. The van der Waals surface area contributed by atoms with Gasteiger partial charge in [0, 0.05) is 33.0 Å². The standard InChI is InChI=1S/C19H23FN6O3/c1-28-8-7-21-18-14-10-22-17(9-15(14)25-26-18)24-19(27)23-16(11-29-2)12-3-5-13(20)6-4-12/h3-6,9-10,16H,7-8,11H2,1-2H3,(H2,21,25,26)(H2,22,23,24,27). The van der Waals surface area contributed by atoms with Gasteiger partial charge in [0.15, 0.2) is 5.82 Å². The molecule has 9 nitrogen and oxygen atoms in total. The molecule has 1 atom stereocenters. The molecule has 29 heavy (non-hydrogen) atoms. The van der Waals surface area contributed by atoms with Crippen LogP contribution in [0.15, 0.2) is 36.5 Å². The van der Waals surface area contributed by atoms with Crippen molar-refractivity contribution in [2.24, 2.45) is 0 Å². The first-order valence-electron chi connectivity index (χ1n) is 8.99. The van der Waals surface area contributed by atoms with Crippen molar-refractivity contribution in [3.05, 3.63) is 47.9 Å². The fourth-order valence-corrected chi connectivity index (χ4v) is 2.78. The number of fused-ring (bicyclic) bond motifs is 1. The molecule has 3 aromatic rings. The van der Waals surface area contributed by atoms with Crippen LogP contribution in [0.3, 0.4) is 0 Å². The zero-order chi connectivity index (χ0) is 20.6. The summed E-state index contributed by atoms with van der Waals surface area (Å²) in [4.78, 5) is 16.7. The molecule has 0 bridgehead atoms. The van der Waals surface area contributed by atoms with Crippen LogP contribution >= 0.6 is 0 Å². The van der Waals surface area contributed by atoms with E-state index in [4.69, 9.17) is 9.47 Å². The number of aromatic nitrogens is 3. The summed E-state index contributed by atoms with van der Waals surface area (Å²) < 4.78 is 23.3. The van der Waals surface area contributed by atoms with E-state index < -0.39 is 12.1 Å². The summed E-state index contributed by atoms with van der Waals surface area (Å²) in [6, 6.07) is 6.67. The average Bonchev–Trinajstić information content (AvgIpc) is 3.11. The number of rotatable bonds is 9. The summed E-state index contributed by atoms with van der Waals surface area (Å²) in [7, 11) is 3.16. The average molecular weight is 402 g/mol. The summed E-state index contributed by atoms with van der Waals surface area (Å²) in [6.07, 6.45) is 1.62. The number of carbonyl (C=O) groups excluding carboxylic acids is 1. The quantitative estimate of drug-likeness (QED) is 0.409. The summed E-state index contributed by atoms with van der Waals surface area (Å²) in [6.45, 7) is 1.41. The molecule has 0 fully saturated rings. The molecule has 1 aromatic carbocycles. The largest absolute Gasteiger partial charge is 0.383 e. The van der Waals surface area contributed by atoms with Gasteiger partial charge in [0.2, 0.25) is 0 Å². The van der Waals surface area contributed by atoms with Crippen LogP contribution in [0.4, 0.5) is 20.8 Å². The second-order valence-electron chi connectivity index (χ2n) is 6.26. The van der Waals surface area contributed by atoms with Gasteiger partial charge in [0.1, 0.15) is 11.6 Å². The number of carbonyl (C=O) groups is 1. The van der Waals surface area contributed by atoms with Crippen molar-refractivity contribution in [1.82, 2.24) is 20.5 Å². The van der Waals surface area contributed by atoms with Crippen molar-refractivity contribution in [1.29, 1.82) is 0 Å². The Kier molecular flexibility index (Phi) is 6.93. The number of halogens is 1. The molecule has 4 N–H and O–H groups in total. The third-order valence-electron chi connectivity index (χ3n) is 4.20. The molecule has 0 aliphatic carbocycles. The van der Waals surface area contributed by atoms with Crippen LogP contribution in [0.25, 0.3) is 10.9 Å². The summed E-state index contributed by atoms with van der Waals surface area (Å²) in [5.41, 5.74) is 1.45. The molecule has 2 heterocycles. The Morgan fingerprint density at radius 2 is 2.03 bits per heavy atom. The fourth-order valence-electron chi connectivity index (χ4n) is 2.78. The molecule has 154 valence electrons. The summed E-state index contributed by atoms with van der Waals surface area (Å²) in [5.74, 6) is 0.678. The number of aromatic amines is 1. The highest BCUT2D eigenvalue weighted by atomic mass is 19.1. The number of H-pyrrole nitrogens is 1. The number of urea groups is 1. The van der Waals surface area contributed by atoms with Crippen LogP contribution in [0.5, 0.6) is 0 Å². The SMILES string of the molecule is COCCNc1n[nH]c2cc(NC(=O)NC(COC)c3ccc(F)cc3)ncc12. The number of pyridine rings is 1. The van der Waals surface area contributed by atoms with Crippen molar-refractivity contribution >= 4 is 28.6 Å². The zero-order valence-electron chi connectivity index (χ0n) is 16.2. The van der Waals surface area contributed by atoms with Crippen LogP contribution in [0.1, 0.15) is 11.6 Å². The topological polar surface area (TPSA) is 113 Å². The van der Waals surface area contributed by atoms with Crippen molar-refractivity contribution < 1.29 is 18.7 Å². The lowest BCUT2D eigenvalue weighted by Gasteiger charge is -2.18. The van der Waals surface area contributed by atoms with Gasteiger partial charge in [-0.05, 0) is 17.7 Å². The zero-order valence-corrected chi connectivity index (χ0v) is 16.2. The van der Waals surface area contributed by atoms with Gasteiger partial charge in [0.05, 0.1) is 30.2 Å². The Hall–Kier alpha value is -3.24. The number of methoxy groups -OCH3 is 2. The molecular formula is C19H23FN6O3. The monoisotopic (exact) mass is 402 g/mol. The molecule has 10 heteroatoms. The van der Waals surface area contributed by atoms with E-state index in [1.54, 1.807) is 31.5 Å². The maximum atomic E-state index is 13.1. The third kappa shape index (κ3) is 5.39. The van der Waals surface area contributed by atoms with Gasteiger partial charge in [-0.25, -0.2) is 14.2 Å². The van der Waals surface area contributed by atoms with Gasteiger partial charge in [-0.1, -0.05) is 12.1 Å². The van der Waals surface area contributed by atoms with E-state index in [1.807, 2.05) is 0 Å². The van der Waals surface area contributed by atoms with E-state index in [1.165, 1.54) is 19.2 Å². The lowest BCUT2D eigenvalue weighted by atomic mass is 10.1. The van der Waals surface area contributed by atoms with Gasteiger partial charge in [-0.2, -0.15) is 5.10 Å². The molecule has 0 aliphatic heterocycles. The van der Waals surface area contributed by atoms with Crippen molar-refractivity contribution in [3.63, 3.8) is 0 Å². The highest BCUT2D eigenvalue weighted by molar-refractivity contribution is 5.94. The maximum Gasteiger partial charge on any atom is 0.320 e. The number of amides is 2. The molecule has 0 radical (unpaired) electrons. The number of benzene rings is 1. The molecule has 2 amide bonds. The summed E-state index contributed by atoms with van der Waals surface area (Å²) in [5, 5.41) is 16.5. The Morgan fingerprint density at radius 3 is 2.76 bits per heavy atom. The molecule has 0 spiro atoms. The van der Waals surface area contributed by atoms with Crippen LogP contribution in [-0.2, 0) is 9.47 Å². The fraction of sp³-hybridized carbons (Fsp3) is 0.316. The van der Waals surface area contributed by atoms with E-state index in [-0.39, 0.29) is 12.4 Å². The predicted octanol–water partition coefficient (Wildman–Crippen LogP) is 2.66. The van der Waals surface area contributed by atoms with E-state index in [0.29, 0.717) is 24.8 Å². The lowest BCUT2D eigenvalue weighted by molar-refractivity contribution is 0.168. The number of nitrogens with one attached hydrogen (secondary N) is 4. The minimum atomic E-state index is -0.457. The normalized spacial score (nSPS) is 12.0. The van der Waals surface area contributed by atoms with Crippen molar-refractivity contribution in [2.75, 3.05) is 44.6 Å². The Balaban J connectivity index is 1.65. The molecule has 0 saturated heterocycles. The van der Waals surface area contributed by atoms with E-state index in [9.17, 15) is 9.18 Å². The van der Waals surface area contributed by atoms with Gasteiger partial charge < -0.3 is 20.1 Å². The van der Waals surface area contributed by atoms with Gasteiger partial charge in [-0.3, -0.25) is 10.4 Å². The second-order valence-corrected chi connectivity index (χ2v) is 6.26. The molecule has 2 aromatic heterocycles.